The highest BCUT2D eigenvalue weighted by Gasteiger charge is 2.42. The number of halogens is 7. The summed E-state index contributed by atoms with van der Waals surface area (Å²) in [6.45, 7) is 1.17. The number of H-pyrrole nitrogens is 1. The Balaban J connectivity index is 1.89. The van der Waals surface area contributed by atoms with Crippen molar-refractivity contribution in [2.24, 2.45) is 0 Å². The molecule has 1 aromatic heterocycles. The lowest BCUT2D eigenvalue weighted by molar-refractivity contribution is -0.704. The quantitative estimate of drug-likeness (QED) is 0.250. The summed E-state index contributed by atoms with van der Waals surface area (Å²) in [6, 6.07) is 8.13. The second-order valence-electron chi connectivity index (χ2n) is 6.21. The molecule has 1 atom stereocenters. The zero-order chi connectivity index (χ0) is 23.8. The third-order valence-electron chi connectivity index (χ3n) is 4.07. The lowest BCUT2D eigenvalue weighted by Gasteiger charge is -2.15. The molecule has 0 aliphatic rings. The van der Waals surface area contributed by atoms with E-state index in [2.05, 4.69) is 9.79 Å². The number of carbonyl (C=O) groups is 1. The molecule has 170 valence electrons. The van der Waals surface area contributed by atoms with Gasteiger partial charge >= 0.3 is 16.8 Å². The Morgan fingerprint density at radius 2 is 1.62 bits per heavy atom. The van der Waals surface area contributed by atoms with Crippen LogP contribution in [0.5, 0.6) is 0 Å². The average Bonchev–Trinajstić information content (AvgIpc) is 3.09. The smallest absolute Gasteiger partial charge is 0.320 e. The fourth-order valence-electron chi connectivity index (χ4n) is 2.55. The predicted molar refractivity (Wildman–Crippen MR) is 96.1 cm³/mol. The Morgan fingerprint density at radius 3 is 2.16 bits per heavy atom. The van der Waals surface area contributed by atoms with Crippen LogP contribution in [0.2, 0.25) is 0 Å². The number of aromatic nitrogens is 2. The topological polar surface area (TPSA) is 79.0 Å². The second-order valence-corrected chi connectivity index (χ2v) is 7.54. The van der Waals surface area contributed by atoms with Crippen LogP contribution in [0.1, 0.15) is 12.5 Å². The lowest BCUT2D eigenvalue weighted by atomic mass is 10.1. The third kappa shape index (κ3) is 4.35. The van der Waals surface area contributed by atoms with Gasteiger partial charge in [-0.25, -0.2) is 22.4 Å². The van der Waals surface area contributed by atoms with Crippen LogP contribution in [0, 0.1) is 23.3 Å². The number of nitrogens with one attached hydrogen (secondary N) is 2. The van der Waals surface area contributed by atoms with Gasteiger partial charge in [0.25, 0.3) is 0 Å². The molecule has 3 aromatic rings. The van der Waals surface area contributed by atoms with Gasteiger partial charge in [0.15, 0.2) is 23.3 Å². The zero-order valence-electron chi connectivity index (χ0n) is 15.7. The van der Waals surface area contributed by atoms with Crippen LogP contribution in [-0.4, -0.2) is 16.4 Å². The van der Waals surface area contributed by atoms with Gasteiger partial charge in [-0.2, -0.15) is 13.2 Å². The van der Waals surface area contributed by atoms with Crippen molar-refractivity contribution in [2.75, 3.05) is 5.32 Å². The van der Waals surface area contributed by atoms with E-state index in [-0.39, 0.29) is 5.03 Å². The van der Waals surface area contributed by atoms with E-state index < -0.39 is 57.5 Å². The van der Waals surface area contributed by atoms with Crippen molar-refractivity contribution in [3.63, 3.8) is 0 Å². The number of hydrogen-bond acceptors (Lipinski definition) is 4. The van der Waals surface area contributed by atoms with Crippen LogP contribution in [0.15, 0.2) is 44.7 Å². The van der Waals surface area contributed by atoms with E-state index in [1.807, 2.05) is 0 Å². The summed E-state index contributed by atoms with van der Waals surface area (Å²) in [5.41, 5.74) is -4.97. The number of rotatable bonds is 5. The molecular formula is C18H11F7N3O3S+. The molecule has 2 aromatic carbocycles. The number of benzene rings is 2. The van der Waals surface area contributed by atoms with Crippen molar-refractivity contribution in [1.29, 1.82) is 0 Å². The molecule has 32 heavy (non-hydrogen) atoms. The van der Waals surface area contributed by atoms with Gasteiger partial charge in [0.1, 0.15) is 11.3 Å². The molecular weight excluding hydrogens is 471 g/mol. The average molecular weight is 482 g/mol. The second kappa shape index (κ2) is 8.68. The minimum absolute atomic E-state index is 0.162. The highest BCUT2D eigenvalue weighted by molar-refractivity contribution is 8.00. The standard InChI is InChI=1S/C18H10F7N3O3S/c1-7(32-16-17(30)31-27-28(16)8-5-3-2-4-6-8)15(29)26-14-12(21)10(19)9(18(23,24)25)11(20)13(14)22/h2-7H,1H3,(H-,26,27,29,30)/p+1. The van der Waals surface area contributed by atoms with E-state index in [1.54, 1.807) is 30.3 Å². The summed E-state index contributed by atoms with van der Waals surface area (Å²) in [7, 11) is 0. The highest BCUT2D eigenvalue weighted by Crippen LogP contribution is 2.38. The fraction of sp³-hybridized carbons (Fsp3) is 0.167. The first-order chi connectivity index (χ1) is 14.9. The van der Waals surface area contributed by atoms with E-state index >= 15 is 0 Å². The molecule has 2 N–H and O–H groups in total. The number of nitrogens with zero attached hydrogens (tertiary/aromatic N) is 1. The molecule has 0 radical (unpaired) electrons. The van der Waals surface area contributed by atoms with Gasteiger partial charge < -0.3 is 5.32 Å². The van der Waals surface area contributed by atoms with Gasteiger partial charge in [0, 0.05) is 12.1 Å². The van der Waals surface area contributed by atoms with Crippen molar-refractivity contribution < 1.29 is 44.7 Å². The largest absolute Gasteiger partial charge is 0.442 e. The van der Waals surface area contributed by atoms with E-state index in [0.29, 0.717) is 17.4 Å². The Bertz CT molecular complexity index is 1200. The summed E-state index contributed by atoms with van der Waals surface area (Å²) >= 11 is 0.554. The highest BCUT2D eigenvalue weighted by atomic mass is 32.2. The number of alkyl halides is 3. The minimum Gasteiger partial charge on any atom is -0.320 e. The van der Waals surface area contributed by atoms with Crippen LogP contribution in [-0.2, 0) is 11.0 Å². The first kappa shape index (κ1) is 23.4. The molecule has 0 bridgehead atoms. The zero-order valence-corrected chi connectivity index (χ0v) is 16.5. The number of aromatic amines is 1. The SMILES string of the molecule is CC(Sc1c(=O)o[nH][n+]1-c1ccccc1)C(=O)Nc1c(F)c(F)c(C(F)(F)F)c(F)c1F. The molecule has 1 heterocycles. The molecule has 0 aliphatic heterocycles. The Kier molecular flexibility index (Phi) is 6.34. The van der Waals surface area contributed by atoms with Crippen LogP contribution in [0.25, 0.3) is 5.69 Å². The summed E-state index contributed by atoms with van der Waals surface area (Å²) in [5.74, 6) is -11.5. The molecule has 0 fully saturated rings. The number of anilines is 1. The van der Waals surface area contributed by atoms with Gasteiger partial charge in [-0.1, -0.05) is 18.2 Å². The number of para-hydroxylation sites is 1. The minimum atomic E-state index is -5.71. The van der Waals surface area contributed by atoms with E-state index in [4.69, 9.17) is 0 Å². The van der Waals surface area contributed by atoms with E-state index in [0.717, 1.165) is 4.68 Å². The Hall–Kier alpha value is -3.29. The molecule has 0 saturated heterocycles. The number of hydrogen-bond donors (Lipinski definition) is 2. The fourth-order valence-corrected chi connectivity index (χ4v) is 3.43. The van der Waals surface area contributed by atoms with Crippen molar-refractivity contribution in [3.05, 3.63) is 69.6 Å². The van der Waals surface area contributed by atoms with Crippen LogP contribution >= 0.6 is 11.8 Å². The normalized spacial score (nSPS) is 12.6. The summed E-state index contributed by atoms with van der Waals surface area (Å²) < 4.78 is 99.3. The van der Waals surface area contributed by atoms with Gasteiger partial charge in [-0.3, -0.25) is 9.32 Å². The van der Waals surface area contributed by atoms with Crippen molar-refractivity contribution in [2.45, 2.75) is 23.4 Å². The van der Waals surface area contributed by atoms with Crippen molar-refractivity contribution in [1.82, 2.24) is 5.27 Å². The first-order valence-electron chi connectivity index (χ1n) is 8.53. The monoisotopic (exact) mass is 482 g/mol. The van der Waals surface area contributed by atoms with E-state index in [1.165, 1.54) is 12.2 Å². The molecule has 14 heteroatoms. The van der Waals surface area contributed by atoms with Gasteiger partial charge in [-0.05, 0) is 28.6 Å². The number of thioether (sulfide) groups is 1. The molecule has 1 amide bonds. The molecule has 1 unspecified atom stereocenters. The summed E-state index contributed by atoms with van der Waals surface area (Å²) in [4.78, 5) is 24.3. The molecule has 3 rings (SSSR count). The van der Waals surface area contributed by atoms with Crippen molar-refractivity contribution in [3.8, 4) is 5.69 Å². The van der Waals surface area contributed by atoms with Crippen LogP contribution < -0.4 is 15.6 Å². The number of carbonyl (C=O) groups excluding carboxylic acids is 1. The van der Waals surface area contributed by atoms with Crippen LogP contribution in [0.4, 0.5) is 36.4 Å². The Morgan fingerprint density at radius 1 is 1.06 bits per heavy atom. The summed E-state index contributed by atoms with van der Waals surface area (Å²) in [5, 5.41) is 2.34. The molecule has 0 aliphatic carbocycles. The van der Waals surface area contributed by atoms with Crippen molar-refractivity contribution >= 4 is 23.4 Å². The van der Waals surface area contributed by atoms with Gasteiger partial charge in [0.2, 0.25) is 11.6 Å². The molecule has 0 saturated carbocycles. The van der Waals surface area contributed by atoms with Gasteiger partial charge in [0.05, 0.1) is 5.25 Å². The maximum absolute atomic E-state index is 14.0. The number of amides is 1. The molecule has 0 spiro atoms. The van der Waals surface area contributed by atoms with Gasteiger partial charge in [-0.15, -0.1) is 0 Å². The first-order valence-corrected chi connectivity index (χ1v) is 9.41. The summed E-state index contributed by atoms with van der Waals surface area (Å²) in [6.07, 6.45) is -5.71. The van der Waals surface area contributed by atoms with E-state index in [9.17, 15) is 40.3 Å². The maximum atomic E-state index is 14.0. The maximum Gasteiger partial charge on any atom is 0.442 e. The van der Waals surface area contributed by atoms with Crippen LogP contribution in [0.3, 0.4) is 0 Å². The molecule has 6 nitrogen and oxygen atoms in total. The predicted octanol–water partition coefficient (Wildman–Crippen LogP) is 3.94. The Labute approximate surface area is 178 Å². The lowest BCUT2D eigenvalue weighted by Crippen LogP contribution is -2.37. The third-order valence-corrected chi connectivity index (χ3v) is 5.21.